The van der Waals surface area contributed by atoms with E-state index >= 15 is 0 Å². The first-order valence-electron chi connectivity index (χ1n) is 6.41. The van der Waals surface area contributed by atoms with E-state index in [2.05, 4.69) is 0 Å². The third kappa shape index (κ3) is 4.02. The second kappa shape index (κ2) is 6.27. The van der Waals surface area contributed by atoms with Gasteiger partial charge in [0.15, 0.2) is 11.5 Å². The minimum atomic E-state index is -0.980. The molecule has 1 aliphatic rings. The number of aliphatic carboxylic acids is 1. The summed E-state index contributed by atoms with van der Waals surface area (Å²) >= 11 is 0. The highest BCUT2D eigenvalue weighted by molar-refractivity contribution is 5.86. The Balaban J connectivity index is 2.12. The second-order valence-corrected chi connectivity index (χ2v) is 4.63. The molecule has 19 heavy (non-hydrogen) atoms. The summed E-state index contributed by atoms with van der Waals surface area (Å²) in [5, 5.41) is 8.69. The van der Waals surface area contributed by atoms with E-state index in [1.54, 1.807) is 7.11 Å². The van der Waals surface area contributed by atoms with Gasteiger partial charge in [-0.2, -0.15) is 0 Å². The predicted octanol–water partition coefficient (Wildman–Crippen LogP) is 2.97. The van der Waals surface area contributed by atoms with E-state index in [-0.39, 0.29) is 0 Å². The van der Waals surface area contributed by atoms with Crippen LogP contribution in [-0.4, -0.2) is 24.8 Å². The number of hydrogen-bond acceptors (Lipinski definition) is 3. The SMILES string of the molecule is COc1cccc(C=CC(=O)O)c1OCCC1CC1. The minimum absolute atomic E-state index is 0.614. The van der Waals surface area contributed by atoms with Gasteiger partial charge in [-0.1, -0.05) is 25.0 Å². The molecule has 102 valence electrons. The van der Waals surface area contributed by atoms with E-state index < -0.39 is 5.97 Å². The van der Waals surface area contributed by atoms with Crippen molar-refractivity contribution in [2.45, 2.75) is 19.3 Å². The van der Waals surface area contributed by atoms with Gasteiger partial charge in [0.25, 0.3) is 0 Å². The number of carbonyl (C=O) groups is 1. The molecule has 0 atom stereocenters. The lowest BCUT2D eigenvalue weighted by atomic mass is 10.1. The Kier molecular flexibility index (Phi) is 4.44. The average Bonchev–Trinajstić information content (AvgIpc) is 3.21. The van der Waals surface area contributed by atoms with E-state index in [9.17, 15) is 4.79 Å². The molecule has 1 aliphatic carbocycles. The maximum Gasteiger partial charge on any atom is 0.328 e. The van der Waals surface area contributed by atoms with Gasteiger partial charge in [0, 0.05) is 11.6 Å². The zero-order chi connectivity index (χ0) is 13.7. The van der Waals surface area contributed by atoms with Crippen molar-refractivity contribution >= 4 is 12.0 Å². The number of methoxy groups -OCH3 is 1. The summed E-state index contributed by atoms with van der Waals surface area (Å²) in [7, 11) is 1.58. The topological polar surface area (TPSA) is 55.8 Å². The van der Waals surface area contributed by atoms with E-state index in [4.69, 9.17) is 14.6 Å². The van der Waals surface area contributed by atoms with Crippen molar-refractivity contribution in [3.05, 3.63) is 29.8 Å². The second-order valence-electron chi connectivity index (χ2n) is 4.63. The summed E-state index contributed by atoms with van der Waals surface area (Å²) in [6.45, 7) is 0.638. The fraction of sp³-hybridized carbons (Fsp3) is 0.400. The maximum absolute atomic E-state index is 10.6. The molecular weight excluding hydrogens is 244 g/mol. The molecule has 1 aromatic carbocycles. The number of ether oxygens (including phenoxy) is 2. The molecular formula is C15H18O4. The van der Waals surface area contributed by atoms with Crippen LogP contribution in [0.25, 0.3) is 6.08 Å². The van der Waals surface area contributed by atoms with Crippen molar-refractivity contribution in [2.75, 3.05) is 13.7 Å². The van der Waals surface area contributed by atoms with Crippen molar-refractivity contribution < 1.29 is 19.4 Å². The molecule has 0 saturated heterocycles. The van der Waals surface area contributed by atoms with Gasteiger partial charge in [0.1, 0.15) is 0 Å². The van der Waals surface area contributed by atoms with Crippen LogP contribution in [0.3, 0.4) is 0 Å². The summed E-state index contributed by atoms with van der Waals surface area (Å²) in [5.41, 5.74) is 0.720. The normalized spacial score (nSPS) is 14.6. The fourth-order valence-corrected chi connectivity index (χ4v) is 1.87. The van der Waals surface area contributed by atoms with E-state index in [1.807, 2.05) is 18.2 Å². The molecule has 4 heteroatoms. The number of hydrogen-bond donors (Lipinski definition) is 1. The molecule has 0 unspecified atom stereocenters. The van der Waals surface area contributed by atoms with E-state index in [0.29, 0.717) is 18.1 Å². The number of para-hydroxylation sites is 1. The van der Waals surface area contributed by atoms with E-state index in [0.717, 1.165) is 24.0 Å². The van der Waals surface area contributed by atoms with Crippen LogP contribution in [0.4, 0.5) is 0 Å². The van der Waals surface area contributed by atoms with Crippen molar-refractivity contribution in [3.8, 4) is 11.5 Å². The lowest BCUT2D eigenvalue weighted by Crippen LogP contribution is -2.02. The monoisotopic (exact) mass is 262 g/mol. The van der Waals surface area contributed by atoms with Crippen LogP contribution in [0.15, 0.2) is 24.3 Å². The highest BCUT2D eigenvalue weighted by Crippen LogP contribution is 2.35. The van der Waals surface area contributed by atoms with Gasteiger partial charge in [0.2, 0.25) is 0 Å². The smallest absolute Gasteiger partial charge is 0.328 e. The third-order valence-electron chi connectivity index (χ3n) is 3.10. The van der Waals surface area contributed by atoms with Gasteiger partial charge in [0.05, 0.1) is 13.7 Å². The Morgan fingerprint density at radius 1 is 1.47 bits per heavy atom. The first kappa shape index (κ1) is 13.5. The molecule has 1 fully saturated rings. The van der Waals surface area contributed by atoms with Crippen LogP contribution in [0.2, 0.25) is 0 Å². The summed E-state index contributed by atoms with van der Waals surface area (Å²) in [6, 6.07) is 5.44. The first-order chi connectivity index (χ1) is 9.20. The Bertz CT molecular complexity index is 475. The highest BCUT2D eigenvalue weighted by atomic mass is 16.5. The molecule has 1 N–H and O–H groups in total. The Morgan fingerprint density at radius 3 is 2.89 bits per heavy atom. The Labute approximate surface area is 112 Å². The number of carboxylic acid groups (broad SMARTS) is 1. The van der Waals surface area contributed by atoms with Gasteiger partial charge in [-0.25, -0.2) is 4.79 Å². The van der Waals surface area contributed by atoms with Crippen molar-refractivity contribution in [2.24, 2.45) is 5.92 Å². The van der Waals surface area contributed by atoms with Gasteiger partial charge < -0.3 is 14.6 Å². The largest absolute Gasteiger partial charge is 0.493 e. The summed E-state index contributed by atoms with van der Waals surface area (Å²) in [5.74, 6) is 1.06. The predicted molar refractivity (Wildman–Crippen MR) is 72.5 cm³/mol. The molecule has 0 bridgehead atoms. The molecule has 0 radical (unpaired) electrons. The van der Waals surface area contributed by atoms with Crippen LogP contribution in [-0.2, 0) is 4.79 Å². The Morgan fingerprint density at radius 2 is 2.26 bits per heavy atom. The van der Waals surface area contributed by atoms with Crippen LogP contribution in [0.1, 0.15) is 24.8 Å². The number of carboxylic acids is 1. The standard InChI is InChI=1S/C15H18O4/c1-18-13-4-2-3-12(7-8-14(16)17)15(13)19-10-9-11-5-6-11/h2-4,7-8,11H,5-6,9-10H2,1H3,(H,16,17). The van der Waals surface area contributed by atoms with Crippen LogP contribution >= 0.6 is 0 Å². The zero-order valence-electron chi connectivity index (χ0n) is 11.0. The van der Waals surface area contributed by atoms with Gasteiger partial charge in [-0.3, -0.25) is 0 Å². The van der Waals surface area contributed by atoms with Gasteiger partial charge in [-0.15, -0.1) is 0 Å². The molecule has 0 aromatic heterocycles. The molecule has 0 aliphatic heterocycles. The molecule has 0 heterocycles. The molecule has 2 rings (SSSR count). The molecule has 1 aromatic rings. The quantitative estimate of drug-likeness (QED) is 0.767. The summed E-state index contributed by atoms with van der Waals surface area (Å²) in [4.78, 5) is 10.6. The lowest BCUT2D eigenvalue weighted by Gasteiger charge is -2.13. The van der Waals surface area contributed by atoms with Crippen molar-refractivity contribution in [1.82, 2.24) is 0 Å². The van der Waals surface area contributed by atoms with Gasteiger partial charge >= 0.3 is 5.97 Å². The lowest BCUT2D eigenvalue weighted by molar-refractivity contribution is -0.131. The van der Waals surface area contributed by atoms with Crippen LogP contribution in [0.5, 0.6) is 11.5 Å². The molecule has 0 amide bonds. The van der Waals surface area contributed by atoms with E-state index in [1.165, 1.54) is 18.9 Å². The first-order valence-corrected chi connectivity index (χ1v) is 6.41. The summed E-state index contributed by atoms with van der Waals surface area (Å²) in [6.07, 6.45) is 6.25. The minimum Gasteiger partial charge on any atom is -0.493 e. The number of benzene rings is 1. The highest BCUT2D eigenvalue weighted by Gasteiger charge is 2.21. The molecule has 1 saturated carbocycles. The van der Waals surface area contributed by atoms with Crippen LogP contribution < -0.4 is 9.47 Å². The van der Waals surface area contributed by atoms with Crippen molar-refractivity contribution in [1.29, 1.82) is 0 Å². The van der Waals surface area contributed by atoms with Crippen LogP contribution in [0, 0.1) is 5.92 Å². The molecule has 0 spiro atoms. The fourth-order valence-electron chi connectivity index (χ4n) is 1.87. The summed E-state index contributed by atoms with van der Waals surface area (Å²) < 4.78 is 11.0. The third-order valence-corrected chi connectivity index (χ3v) is 3.10. The van der Waals surface area contributed by atoms with Crippen molar-refractivity contribution in [3.63, 3.8) is 0 Å². The van der Waals surface area contributed by atoms with Gasteiger partial charge in [-0.05, 0) is 24.5 Å². The molecule has 4 nitrogen and oxygen atoms in total. The average molecular weight is 262 g/mol. The Hall–Kier alpha value is -1.97. The maximum atomic E-state index is 10.6. The number of rotatable bonds is 7. The zero-order valence-corrected chi connectivity index (χ0v) is 11.0.